The molecule has 0 amide bonds. The normalized spacial score (nSPS) is 11.4. The van der Waals surface area contributed by atoms with Crippen molar-refractivity contribution in [3.63, 3.8) is 0 Å². The summed E-state index contributed by atoms with van der Waals surface area (Å²) in [6.45, 7) is 8.47. The molecule has 0 fully saturated rings. The van der Waals surface area contributed by atoms with E-state index in [0.717, 1.165) is 62.5 Å². The van der Waals surface area contributed by atoms with Gasteiger partial charge in [-0.25, -0.2) is 14.3 Å². The number of unbranched alkanes of at least 4 members (excludes halogenated alkanes) is 5. The molecule has 0 aliphatic carbocycles. The molecule has 0 N–H and O–H groups in total. The van der Waals surface area contributed by atoms with Crippen LogP contribution in [0.3, 0.4) is 0 Å². The molecule has 8 heteroatoms. The van der Waals surface area contributed by atoms with Crippen molar-refractivity contribution in [1.29, 1.82) is 0 Å². The molecule has 1 aromatic heterocycles. The van der Waals surface area contributed by atoms with E-state index < -0.39 is 11.6 Å². The molecule has 0 aliphatic heterocycles. The predicted molar refractivity (Wildman–Crippen MR) is 161 cm³/mol. The number of nitrogens with zero attached hydrogens (tertiary/aromatic N) is 3. The fraction of sp³-hybridized carbons (Fsp3) is 0.515. The van der Waals surface area contributed by atoms with Gasteiger partial charge in [-0.3, -0.25) is 9.36 Å². The molecule has 2 aromatic carbocycles. The molecule has 8 nitrogen and oxygen atoms in total. The van der Waals surface area contributed by atoms with E-state index in [9.17, 15) is 14.4 Å². The largest absolute Gasteiger partial charge is 0.476 e. The Morgan fingerprint density at radius 3 is 2.29 bits per heavy atom. The van der Waals surface area contributed by atoms with Gasteiger partial charge in [0.2, 0.25) is 0 Å². The first kappa shape index (κ1) is 31.8. The first-order valence-electron chi connectivity index (χ1n) is 14.9. The molecule has 0 radical (unpaired) electrons. The van der Waals surface area contributed by atoms with Crippen LogP contribution in [0.1, 0.15) is 89.5 Å². The Hall–Kier alpha value is -3.68. The summed E-state index contributed by atoms with van der Waals surface area (Å²) in [5.41, 5.74) is 0.762. The Kier molecular flexibility index (Phi) is 12.4. The molecular formula is C33H45N3O5. The molecule has 0 atom stereocenters. The average Bonchev–Trinajstić information content (AvgIpc) is 2.95. The van der Waals surface area contributed by atoms with Crippen LogP contribution in [-0.2, 0) is 35.5 Å². The highest BCUT2D eigenvalue weighted by Crippen LogP contribution is 2.22. The van der Waals surface area contributed by atoms with E-state index in [1.165, 1.54) is 9.25 Å². The van der Waals surface area contributed by atoms with Crippen LogP contribution in [0.4, 0.5) is 0 Å². The lowest BCUT2D eigenvalue weighted by atomic mass is 10.1. The molecule has 0 unspecified atom stereocenters. The van der Waals surface area contributed by atoms with Gasteiger partial charge in [0, 0.05) is 19.5 Å². The van der Waals surface area contributed by atoms with Crippen molar-refractivity contribution in [2.75, 3.05) is 6.61 Å². The highest BCUT2D eigenvalue weighted by molar-refractivity contribution is 5.79. The van der Waals surface area contributed by atoms with Crippen molar-refractivity contribution < 1.29 is 14.3 Å². The van der Waals surface area contributed by atoms with Gasteiger partial charge in [0.05, 0.1) is 6.61 Å². The molecule has 222 valence electrons. The van der Waals surface area contributed by atoms with Gasteiger partial charge in [-0.15, -0.1) is 0 Å². The van der Waals surface area contributed by atoms with E-state index in [4.69, 9.17) is 9.47 Å². The van der Waals surface area contributed by atoms with Crippen molar-refractivity contribution >= 4 is 5.97 Å². The van der Waals surface area contributed by atoms with E-state index >= 15 is 0 Å². The molecular weight excluding hydrogens is 518 g/mol. The summed E-state index contributed by atoms with van der Waals surface area (Å²) in [5, 5.41) is 4.52. The molecule has 3 rings (SSSR count). The lowest BCUT2D eigenvalue weighted by molar-refractivity contribution is -0.158. The second-order valence-electron chi connectivity index (χ2n) is 10.9. The van der Waals surface area contributed by atoms with Crippen LogP contribution in [0, 0.1) is 0 Å². The second-order valence-corrected chi connectivity index (χ2v) is 10.9. The van der Waals surface area contributed by atoms with Gasteiger partial charge in [-0.2, -0.15) is 5.10 Å². The maximum atomic E-state index is 13.3. The van der Waals surface area contributed by atoms with Crippen molar-refractivity contribution in [2.45, 2.75) is 104 Å². The fourth-order valence-corrected chi connectivity index (χ4v) is 4.73. The van der Waals surface area contributed by atoms with Crippen molar-refractivity contribution in [3.05, 3.63) is 92.3 Å². The number of hydrogen-bond acceptors (Lipinski definition) is 6. The summed E-state index contributed by atoms with van der Waals surface area (Å²) in [7, 11) is 0. The number of ether oxygens (including phenoxy) is 2. The quantitative estimate of drug-likeness (QED) is 0.154. The van der Waals surface area contributed by atoms with Crippen LogP contribution in [0.2, 0.25) is 0 Å². The Balaban J connectivity index is 1.68. The highest BCUT2D eigenvalue weighted by Gasteiger charge is 2.31. The Bertz CT molecular complexity index is 1360. The average molecular weight is 564 g/mol. The number of aromatic nitrogens is 3. The van der Waals surface area contributed by atoms with E-state index in [2.05, 4.69) is 12.0 Å². The molecule has 3 aromatic rings. The van der Waals surface area contributed by atoms with E-state index in [-0.39, 0.29) is 11.2 Å². The molecule has 41 heavy (non-hydrogen) atoms. The van der Waals surface area contributed by atoms with Crippen molar-refractivity contribution in [2.24, 2.45) is 0 Å². The van der Waals surface area contributed by atoms with Crippen LogP contribution in [-0.4, -0.2) is 32.5 Å². The molecule has 0 spiro atoms. The summed E-state index contributed by atoms with van der Waals surface area (Å²) in [6, 6.07) is 17.4. The maximum Gasteiger partial charge on any atom is 0.349 e. The summed E-state index contributed by atoms with van der Waals surface area (Å²) in [4.78, 5) is 38.7. The minimum Gasteiger partial charge on any atom is -0.476 e. The SMILES string of the molecule is CCCCCCCn1c(=O)c(Cc2ccccc2)nn(CCCCc2cccc(OC(C)(C)C(=O)OCC)c2)c1=O. The first-order valence-corrected chi connectivity index (χ1v) is 14.9. The zero-order valence-corrected chi connectivity index (χ0v) is 25.1. The summed E-state index contributed by atoms with van der Waals surface area (Å²) >= 11 is 0. The van der Waals surface area contributed by atoms with Gasteiger partial charge in [0.25, 0.3) is 5.56 Å². The minimum atomic E-state index is -1.09. The molecule has 1 heterocycles. The van der Waals surface area contributed by atoms with Crippen LogP contribution in [0.25, 0.3) is 0 Å². The molecule has 0 bridgehead atoms. The molecule has 0 aliphatic rings. The van der Waals surface area contributed by atoms with Gasteiger partial charge in [0.15, 0.2) is 5.60 Å². The topological polar surface area (TPSA) is 92.4 Å². The molecule has 0 saturated heterocycles. The van der Waals surface area contributed by atoms with E-state index in [0.29, 0.717) is 37.6 Å². The number of aryl methyl sites for hydroxylation is 2. The zero-order valence-electron chi connectivity index (χ0n) is 25.1. The van der Waals surface area contributed by atoms with Crippen LogP contribution >= 0.6 is 0 Å². The molecule has 0 saturated carbocycles. The summed E-state index contributed by atoms with van der Waals surface area (Å²) in [6.07, 6.45) is 7.93. The van der Waals surface area contributed by atoms with Gasteiger partial charge in [0.1, 0.15) is 11.4 Å². The second kappa shape index (κ2) is 15.9. The number of rotatable bonds is 17. The number of esters is 1. The third-order valence-electron chi connectivity index (χ3n) is 7.01. The lowest BCUT2D eigenvalue weighted by Gasteiger charge is -2.24. The first-order chi connectivity index (χ1) is 19.7. The smallest absolute Gasteiger partial charge is 0.349 e. The number of carbonyl (C=O) groups is 1. The highest BCUT2D eigenvalue weighted by atomic mass is 16.6. The van der Waals surface area contributed by atoms with Crippen LogP contribution in [0.5, 0.6) is 5.75 Å². The summed E-state index contributed by atoms with van der Waals surface area (Å²) < 4.78 is 13.9. The van der Waals surface area contributed by atoms with E-state index in [1.807, 2.05) is 54.6 Å². The third-order valence-corrected chi connectivity index (χ3v) is 7.01. The number of hydrogen-bond donors (Lipinski definition) is 0. The fourth-order valence-electron chi connectivity index (χ4n) is 4.73. The monoisotopic (exact) mass is 563 g/mol. The zero-order chi connectivity index (χ0) is 29.7. The van der Waals surface area contributed by atoms with Gasteiger partial charge in [-0.05, 0) is 69.7 Å². The maximum absolute atomic E-state index is 13.3. The Labute approximate surface area is 243 Å². The standard InChI is InChI=1S/C33H45N3O5/c1-5-7-8-9-14-22-35-30(37)29(25-27-17-11-10-12-18-27)34-36(32(35)39)23-15-13-19-26-20-16-21-28(24-26)41-33(3,4)31(38)40-6-2/h10-12,16-18,20-21,24H,5-9,13-15,19,22-23,25H2,1-4H3. The van der Waals surface area contributed by atoms with Crippen molar-refractivity contribution in [1.82, 2.24) is 14.3 Å². The van der Waals surface area contributed by atoms with Crippen molar-refractivity contribution in [3.8, 4) is 5.75 Å². The Morgan fingerprint density at radius 2 is 1.56 bits per heavy atom. The van der Waals surface area contributed by atoms with Crippen LogP contribution in [0.15, 0.2) is 64.2 Å². The van der Waals surface area contributed by atoms with E-state index in [1.54, 1.807) is 20.8 Å². The van der Waals surface area contributed by atoms with Gasteiger partial charge in [-0.1, -0.05) is 75.1 Å². The summed E-state index contributed by atoms with van der Waals surface area (Å²) in [5.74, 6) is 0.201. The van der Waals surface area contributed by atoms with Gasteiger partial charge >= 0.3 is 11.7 Å². The lowest BCUT2D eigenvalue weighted by Crippen LogP contribution is -2.43. The minimum absolute atomic E-state index is 0.284. The number of carbonyl (C=O) groups excluding carboxylic acids is 1. The predicted octanol–water partition coefficient (Wildman–Crippen LogP) is 5.71. The Morgan fingerprint density at radius 1 is 0.854 bits per heavy atom. The van der Waals surface area contributed by atoms with Gasteiger partial charge < -0.3 is 9.47 Å². The number of benzene rings is 2. The third kappa shape index (κ3) is 9.73. The van der Waals surface area contributed by atoms with Crippen LogP contribution < -0.4 is 16.0 Å².